The Morgan fingerprint density at radius 1 is 1.25 bits per heavy atom. The minimum Gasteiger partial charge on any atom is -0.397 e. The molecule has 0 saturated carbocycles. The number of amides is 1. The van der Waals surface area contributed by atoms with Crippen molar-refractivity contribution in [1.82, 2.24) is 4.98 Å². The fourth-order valence-corrected chi connectivity index (χ4v) is 1.90. The summed E-state index contributed by atoms with van der Waals surface area (Å²) >= 11 is 0. The van der Waals surface area contributed by atoms with Gasteiger partial charge in [0.05, 0.1) is 11.9 Å². The predicted molar refractivity (Wildman–Crippen MR) is 82.1 cm³/mol. The van der Waals surface area contributed by atoms with Crippen LogP contribution in [-0.2, 0) is 0 Å². The summed E-state index contributed by atoms with van der Waals surface area (Å²) in [6.07, 6.45) is 1.47. The van der Waals surface area contributed by atoms with Crippen LogP contribution in [0, 0.1) is 6.92 Å². The highest BCUT2D eigenvalue weighted by molar-refractivity contribution is 6.03. The first-order valence-electron chi connectivity index (χ1n) is 6.28. The summed E-state index contributed by atoms with van der Waals surface area (Å²) in [5.74, 6) is -0.251. The van der Waals surface area contributed by atoms with E-state index in [0.717, 1.165) is 16.9 Å². The van der Waals surface area contributed by atoms with Gasteiger partial charge in [0, 0.05) is 25.5 Å². The van der Waals surface area contributed by atoms with Crippen LogP contribution in [0.4, 0.5) is 17.1 Å². The van der Waals surface area contributed by atoms with Crippen LogP contribution in [0.1, 0.15) is 16.1 Å². The van der Waals surface area contributed by atoms with Crippen molar-refractivity contribution in [3.8, 4) is 0 Å². The molecule has 0 aliphatic heterocycles. The molecule has 0 aliphatic carbocycles. The number of nitrogens with one attached hydrogen (secondary N) is 1. The predicted octanol–water partition coefficient (Wildman–Crippen LogP) is 2.29. The number of carbonyl (C=O) groups excluding carboxylic acids is 1. The maximum Gasteiger partial charge on any atom is 0.274 e. The van der Waals surface area contributed by atoms with E-state index < -0.39 is 0 Å². The largest absolute Gasteiger partial charge is 0.397 e. The van der Waals surface area contributed by atoms with Gasteiger partial charge in [-0.1, -0.05) is 6.07 Å². The number of nitrogens with two attached hydrogens (primary N) is 1. The molecule has 2 aromatic rings. The first-order valence-corrected chi connectivity index (χ1v) is 6.28. The summed E-state index contributed by atoms with van der Waals surface area (Å²) in [7, 11) is 3.94. The van der Waals surface area contributed by atoms with E-state index in [-0.39, 0.29) is 5.91 Å². The summed E-state index contributed by atoms with van der Waals surface area (Å²) in [5, 5.41) is 2.83. The van der Waals surface area contributed by atoms with E-state index in [4.69, 9.17) is 5.73 Å². The third-order valence-corrected chi connectivity index (χ3v) is 2.97. The first kappa shape index (κ1) is 13.9. The number of benzene rings is 1. The number of rotatable bonds is 3. The van der Waals surface area contributed by atoms with Gasteiger partial charge in [-0.05, 0) is 36.8 Å². The van der Waals surface area contributed by atoms with Crippen LogP contribution in [-0.4, -0.2) is 25.0 Å². The molecule has 0 radical (unpaired) electrons. The van der Waals surface area contributed by atoms with Crippen LogP contribution in [0.3, 0.4) is 0 Å². The number of carbonyl (C=O) groups is 1. The molecule has 1 amide bonds. The molecule has 20 heavy (non-hydrogen) atoms. The molecule has 0 saturated heterocycles. The normalized spacial score (nSPS) is 10.2. The van der Waals surface area contributed by atoms with Crippen LogP contribution in [0.15, 0.2) is 36.5 Å². The molecule has 0 unspecified atom stereocenters. The molecule has 0 fully saturated rings. The van der Waals surface area contributed by atoms with E-state index in [2.05, 4.69) is 10.3 Å². The molecule has 1 heterocycles. The maximum atomic E-state index is 12.1. The van der Waals surface area contributed by atoms with Crippen LogP contribution >= 0.6 is 0 Å². The lowest BCUT2D eigenvalue weighted by Crippen LogP contribution is -2.15. The molecule has 1 aromatic heterocycles. The quantitative estimate of drug-likeness (QED) is 0.897. The van der Waals surface area contributed by atoms with Crippen LogP contribution in [0.25, 0.3) is 0 Å². The lowest BCUT2D eigenvalue weighted by molar-refractivity contribution is 0.102. The highest BCUT2D eigenvalue weighted by atomic mass is 16.1. The number of aryl methyl sites for hydroxylation is 1. The van der Waals surface area contributed by atoms with E-state index in [9.17, 15) is 4.79 Å². The number of aromatic nitrogens is 1. The van der Waals surface area contributed by atoms with Crippen molar-refractivity contribution in [2.45, 2.75) is 6.92 Å². The smallest absolute Gasteiger partial charge is 0.274 e. The highest BCUT2D eigenvalue weighted by Crippen LogP contribution is 2.22. The first-order chi connectivity index (χ1) is 9.47. The van der Waals surface area contributed by atoms with E-state index in [1.165, 1.54) is 6.20 Å². The number of nitrogen functional groups attached to an aromatic ring is 1. The minimum absolute atomic E-state index is 0.251. The monoisotopic (exact) mass is 270 g/mol. The Hall–Kier alpha value is -2.56. The van der Waals surface area contributed by atoms with Crippen LogP contribution in [0.2, 0.25) is 0 Å². The van der Waals surface area contributed by atoms with Gasteiger partial charge in [0.15, 0.2) is 0 Å². The number of hydrogen-bond acceptors (Lipinski definition) is 4. The van der Waals surface area contributed by atoms with Crippen molar-refractivity contribution in [1.29, 1.82) is 0 Å². The average Bonchev–Trinajstić information content (AvgIpc) is 2.41. The molecule has 0 bridgehead atoms. The van der Waals surface area contributed by atoms with Crippen LogP contribution in [0.5, 0.6) is 0 Å². The summed E-state index contributed by atoms with van der Waals surface area (Å²) in [5.41, 5.74) is 9.38. The van der Waals surface area contributed by atoms with Gasteiger partial charge in [0.2, 0.25) is 0 Å². The Bertz CT molecular complexity index is 620. The van der Waals surface area contributed by atoms with Gasteiger partial charge in [-0.25, -0.2) is 4.98 Å². The van der Waals surface area contributed by atoms with Gasteiger partial charge >= 0.3 is 0 Å². The van der Waals surface area contributed by atoms with Gasteiger partial charge in [0.25, 0.3) is 5.91 Å². The summed E-state index contributed by atoms with van der Waals surface area (Å²) in [6, 6.07) is 9.04. The second-order valence-electron chi connectivity index (χ2n) is 4.83. The lowest BCUT2D eigenvalue weighted by atomic mass is 10.1. The topological polar surface area (TPSA) is 71.2 Å². The Kier molecular flexibility index (Phi) is 3.89. The van der Waals surface area contributed by atoms with Crippen molar-refractivity contribution in [2.75, 3.05) is 30.0 Å². The highest BCUT2D eigenvalue weighted by Gasteiger charge is 2.09. The third-order valence-electron chi connectivity index (χ3n) is 2.97. The van der Waals surface area contributed by atoms with Gasteiger partial charge in [-0.15, -0.1) is 0 Å². The van der Waals surface area contributed by atoms with Crippen molar-refractivity contribution >= 4 is 23.0 Å². The molecule has 104 valence electrons. The second kappa shape index (κ2) is 5.61. The molecular formula is C15H18N4O. The van der Waals surface area contributed by atoms with Gasteiger partial charge in [0.1, 0.15) is 5.69 Å². The fourth-order valence-electron chi connectivity index (χ4n) is 1.90. The summed E-state index contributed by atoms with van der Waals surface area (Å²) < 4.78 is 0. The van der Waals surface area contributed by atoms with Gasteiger partial charge in [-0.3, -0.25) is 4.79 Å². The molecule has 0 aliphatic rings. The van der Waals surface area contributed by atoms with E-state index in [1.807, 2.05) is 44.1 Å². The Morgan fingerprint density at radius 3 is 2.60 bits per heavy atom. The number of nitrogens with zero attached hydrogens (tertiary/aromatic N) is 2. The van der Waals surface area contributed by atoms with Crippen molar-refractivity contribution in [3.05, 3.63) is 47.8 Å². The second-order valence-corrected chi connectivity index (χ2v) is 4.83. The van der Waals surface area contributed by atoms with Gasteiger partial charge in [-0.2, -0.15) is 0 Å². The fraction of sp³-hybridized carbons (Fsp3) is 0.200. The van der Waals surface area contributed by atoms with E-state index in [1.54, 1.807) is 12.1 Å². The van der Waals surface area contributed by atoms with Crippen molar-refractivity contribution in [3.63, 3.8) is 0 Å². The Morgan fingerprint density at radius 2 is 2.00 bits per heavy atom. The molecule has 0 spiro atoms. The molecule has 2 rings (SSSR count). The molecular weight excluding hydrogens is 252 g/mol. The number of hydrogen-bond donors (Lipinski definition) is 2. The minimum atomic E-state index is -0.251. The van der Waals surface area contributed by atoms with Crippen molar-refractivity contribution in [2.24, 2.45) is 0 Å². The third kappa shape index (κ3) is 3.06. The summed E-state index contributed by atoms with van der Waals surface area (Å²) in [6.45, 7) is 2.03. The molecule has 1 aromatic carbocycles. The summed E-state index contributed by atoms with van der Waals surface area (Å²) in [4.78, 5) is 18.1. The molecule has 5 heteroatoms. The SMILES string of the molecule is Cc1ccc(NC(=O)c2ccc(N)cn2)cc1N(C)C. The lowest BCUT2D eigenvalue weighted by Gasteiger charge is -2.17. The van der Waals surface area contributed by atoms with E-state index in [0.29, 0.717) is 11.4 Å². The zero-order valence-electron chi connectivity index (χ0n) is 11.8. The van der Waals surface area contributed by atoms with Crippen molar-refractivity contribution < 1.29 is 4.79 Å². The van der Waals surface area contributed by atoms with Crippen LogP contribution < -0.4 is 16.0 Å². The molecule has 0 atom stereocenters. The number of pyridine rings is 1. The maximum absolute atomic E-state index is 12.1. The molecule has 3 N–H and O–H groups in total. The molecule has 5 nitrogen and oxygen atoms in total. The zero-order chi connectivity index (χ0) is 14.7. The Labute approximate surface area is 118 Å². The zero-order valence-corrected chi connectivity index (χ0v) is 11.8. The van der Waals surface area contributed by atoms with E-state index >= 15 is 0 Å². The van der Waals surface area contributed by atoms with Gasteiger partial charge < -0.3 is 16.0 Å². The standard InChI is InChI=1S/C15H18N4O/c1-10-4-6-12(8-14(10)19(2)3)18-15(20)13-7-5-11(16)9-17-13/h4-9H,16H2,1-3H3,(H,18,20). The average molecular weight is 270 g/mol. The number of anilines is 3. The Balaban J connectivity index is 2.19.